The number of para-hydroxylation sites is 1. The second-order valence-electron chi connectivity index (χ2n) is 6.34. The molecule has 4 nitrogen and oxygen atoms in total. The molecule has 0 saturated carbocycles. The van der Waals surface area contributed by atoms with Crippen molar-refractivity contribution in [2.45, 2.75) is 12.8 Å². The number of carbonyl (C=O) groups is 1. The van der Waals surface area contributed by atoms with E-state index in [-0.39, 0.29) is 17.4 Å². The molecule has 3 aromatic rings. The molecule has 2 aromatic carbocycles. The van der Waals surface area contributed by atoms with E-state index in [2.05, 4.69) is 11.1 Å². The SMILES string of the molecule is O=C1C[C@H](Cc2ccc3cc[nH]c(=O)c3c2)CN1c1ccccc1. The van der Waals surface area contributed by atoms with Gasteiger partial charge in [-0.05, 0) is 47.6 Å². The van der Waals surface area contributed by atoms with Crippen LogP contribution in [0.1, 0.15) is 12.0 Å². The number of aromatic amines is 1. The molecular formula is C20H18N2O2. The summed E-state index contributed by atoms with van der Waals surface area (Å²) < 4.78 is 0. The third-order valence-electron chi connectivity index (χ3n) is 4.64. The van der Waals surface area contributed by atoms with Gasteiger partial charge in [0.2, 0.25) is 5.91 Å². The van der Waals surface area contributed by atoms with Gasteiger partial charge in [-0.3, -0.25) is 9.59 Å². The molecule has 120 valence electrons. The summed E-state index contributed by atoms with van der Waals surface area (Å²) in [7, 11) is 0. The van der Waals surface area contributed by atoms with Crippen molar-refractivity contribution in [2.75, 3.05) is 11.4 Å². The Morgan fingerprint density at radius 3 is 2.71 bits per heavy atom. The molecule has 1 saturated heterocycles. The summed E-state index contributed by atoms with van der Waals surface area (Å²) in [6, 6.07) is 17.7. The van der Waals surface area contributed by atoms with Crippen LogP contribution in [-0.4, -0.2) is 17.4 Å². The number of benzene rings is 2. The van der Waals surface area contributed by atoms with Crippen LogP contribution in [-0.2, 0) is 11.2 Å². The van der Waals surface area contributed by atoms with Crippen LogP contribution in [0, 0.1) is 5.92 Å². The minimum atomic E-state index is -0.0669. The van der Waals surface area contributed by atoms with E-state index in [9.17, 15) is 9.59 Å². The van der Waals surface area contributed by atoms with E-state index in [4.69, 9.17) is 0 Å². The standard InChI is InChI=1S/C20H18N2O2/c23-19-12-15(13-22(19)17-4-2-1-3-5-17)10-14-6-7-16-8-9-21-20(24)18(16)11-14/h1-9,11,15H,10,12-13H2,(H,21,24)/t15-/m0/s1. The number of nitrogens with one attached hydrogen (secondary N) is 1. The van der Waals surface area contributed by atoms with Crippen molar-refractivity contribution < 1.29 is 4.79 Å². The van der Waals surface area contributed by atoms with Crippen molar-refractivity contribution in [1.29, 1.82) is 0 Å². The molecule has 0 aliphatic carbocycles. The second kappa shape index (κ2) is 5.96. The van der Waals surface area contributed by atoms with Crippen molar-refractivity contribution in [3.05, 3.63) is 76.7 Å². The van der Waals surface area contributed by atoms with Crippen molar-refractivity contribution >= 4 is 22.4 Å². The normalized spacial score (nSPS) is 17.6. The molecule has 1 amide bonds. The molecule has 1 N–H and O–H groups in total. The molecule has 24 heavy (non-hydrogen) atoms. The van der Waals surface area contributed by atoms with Crippen LogP contribution in [0.4, 0.5) is 5.69 Å². The number of hydrogen-bond acceptors (Lipinski definition) is 2. The monoisotopic (exact) mass is 318 g/mol. The smallest absolute Gasteiger partial charge is 0.255 e. The largest absolute Gasteiger partial charge is 0.329 e. The lowest BCUT2D eigenvalue weighted by molar-refractivity contribution is -0.117. The highest BCUT2D eigenvalue weighted by atomic mass is 16.2. The Morgan fingerprint density at radius 1 is 1.04 bits per heavy atom. The maximum atomic E-state index is 12.3. The quantitative estimate of drug-likeness (QED) is 0.806. The molecule has 0 bridgehead atoms. The number of fused-ring (bicyclic) bond motifs is 1. The van der Waals surface area contributed by atoms with Gasteiger partial charge in [-0.15, -0.1) is 0 Å². The fourth-order valence-electron chi connectivity index (χ4n) is 3.47. The first-order valence-electron chi connectivity index (χ1n) is 8.16. The molecule has 4 rings (SSSR count). The number of aromatic nitrogens is 1. The minimum Gasteiger partial charge on any atom is -0.329 e. The summed E-state index contributed by atoms with van der Waals surface area (Å²) in [5.41, 5.74) is 2.00. The highest BCUT2D eigenvalue weighted by molar-refractivity contribution is 5.95. The first-order chi connectivity index (χ1) is 11.7. The van der Waals surface area contributed by atoms with Crippen LogP contribution in [0.2, 0.25) is 0 Å². The second-order valence-corrected chi connectivity index (χ2v) is 6.34. The molecule has 1 aromatic heterocycles. The van der Waals surface area contributed by atoms with E-state index in [0.717, 1.165) is 29.6 Å². The molecule has 1 aliphatic rings. The van der Waals surface area contributed by atoms with Gasteiger partial charge in [0.05, 0.1) is 0 Å². The minimum absolute atomic E-state index is 0.0669. The van der Waals surface area contributed by atoms with Crippen LogP contribution >= 0.6 is 0 Å². The van der Waals surface area contributed by atoms with Gasteiger partial charge in [0.15, 0.2) is 0 Å². The predicted molar refractivity (Wildman–Crippen MR) is 95.2 cm³/mol. The molecule has 1 atom stereocenters. The zero-order valence-electron chi connectivity index (χ0n) is 13.2. The van der Waals surface area contributed by atoms with E-state index >= 15 is 0 Å². The first kappa shape index (κ1) is 14.7. The van der Waals surface area contributed by atoms with E-state index in [1.807, 2.05) is 53.4 Å². The van der Waals surface area contributed by atoms with Crippen molar-refractivity contribution in [1.82, 2.24) is 4.98 Å². The van der Waals surface area contributed by atoms with E-state index in [0.29, 0.717) is 11.8 Å². The number of nitrogens with zero attached hydrogens (tertiary/aromatic N) is 1. The number of anilines is 1. The lowest BCUT2D eigenvalue weighted by Crippen LogP contribution is -2.24. The average molecular weight is 318 g/mol. The Bertz CT molecular complexity index is 947. The number of hydrogen-bond donors (Lipinski definition) is 1. The third kappa shape index (κ3) is 2.71. The van der Waals surface area contributed by atoms with Gasteiger partial charge in [-0.25, -0.2) is 0 Å². The Hall–Kier alpha value is -2.88. The Morgan fingerprint density at radius 2 is 1.88 bits per heavy atom. The van der Waals surface area contributed by atoms with Gasteiger partial charge >= 0.3 is 0 Å². The Labute approximate surface area is 139 Å². The number of H-pyrrole nitrogens is 1. The zero-order chi connectivity index (χ0) is 16.5. The molecule has 4 heteroatoms. The highest BCUT2D eigenvalue weighted by Crippen LogP contribution is 2.27. The fourth-order valence-corrected chi connectivity index (χ4v) is 3.47. The first-order valence-corrected chi connectivity index (χ1v) is 8.16. The molecule has 1 aliphatic heterocycles. The van der Waals surface area contributed by atoms with Crippen molar-refractivity contribution in [2.24, 2.45) is 5.92 Å². The predicted octanol–water partition coefficient (Wildman–Crippen LogP) is 3.12. The number of rotatable bonds is 3. The average Bonchev–Trinajstić information content (AvgIpc) is 2.97. The van der Waals surface area contributed by atoms with Gasteiger partial charge in [0.1, 0.15) is 0 Å². The maximum Gasteiger partial charge on any atom is 0.255 e. The maximum absolute atomic E-state index is 12.3. The molecule has 0 spiro atoms. The van der Waals surface area contributed by atoms with Crippen molar-refractivity contribution in [3.8, 4) is 0 Å². The molecule has 0 unspecified atom stereocenters. The highest BCUT2D eigenvalue weighted by Gasteiger charge is 2.30. The van der Waals surface area contributed by atoms with Crippen molar-refractivity contribution in [3.63, 3.8) is 0 Å². The van der Waals surface area contributed by atoms with Gasteiger partial charge in [-0.2, -0.15) is 0 Å². The van der Waals surface area contributed by atoms with Gasteiger partial charge in [0.25, 0.3) is 5.56 Å². The fraction of sp³-hybridized carbons (Fsp3) is 0.200. The Balaban J connectivity index is 1.55. The molecular weight excluding hydrogens is 300 g/mol. The van der Waals surface area contributed by atoms with Crippen LogP contribution in [0.3, 0.4) is 0 Å². The van der Waals surface area contributed by atoms with Gasteiger partial charge in [0, 0.05) is 30.2 Å². The lowest BCUT2D eigenvalue weighted by atomic mass is 9.97. The molecule has 0 radical (unpaired) electrons. The molecule has 2 heterocycles. The van der Waals surface area contributed by atoms with Gasteiger partial charge < -0.3 is 9.88 Å². The van der Waals surface area contributed by atoms with Crippen LogP contribution in [0.15, 0.2) is 65.6 Å². The van der Waals surface area contributed by atoms with Crippen LogP contribution < -0.4 is 10.5 Å². The summed E-state index contributed by atoms with van der Waals surface area (Å²) in [5.74, 6) is 0.447. The summed E-state index contributed by atoms with van der Waals surface area (Å²) in [6.07, 6.45) is 3.02. The number of carbonyl (C=O) groups excluding carboxylic acids is 1. The lowest BCUT2D eigenvalue weighted by Gasteiger charge is -2.16. The topological polar surface area (TPSA) is 53.2 Å². The van der Waals surface area contributed by atoms with Crippen LogP contribution in [0.25, 0.3) is 10.8 Å². The summed E-state index contributed by atoms with van der Waals surface area (Å²) in [4.78, 5) is 28.8. The number of amides is 1. The summed E-state index contributed by atoms with van der Waals surface area (Å²) in [6.45, 7) is 0.728. The van der Waals surface area contributed by atoms with Gasteiger partial charge in [-0.1, -0.05) is 30.3 Å². The van der Waals surface area contributed by atoms with E-state index < -0.39 is 0 Å². The van der Waals surface area contributed by atoms with E-state index in [1.54, 1.807) is 6.20 Å². The molecule has 1 fully saturated rings. The van der Waals surface area contributed by atoms with Crippen LogP contribution in [0.5, 0.6) is 0 Å². The zero-order valence-corrected chi connectivity index (χ0v) is 13.2. The number of pyridine rings is 1. The summed E-state index contributed by atoms with van der Waals surface area (Å²) >= 11 is 0. The third-order valence-corrected chi connectivity index (χ3v) is 4.64. The van der Waals surface area contributed by atoms with E-state index in [1.165, 1.54) is 0 Å². The summed E-state index contributed by atoms with van der Waals surface area (Å²) in [5, 5.41) is 1.65. The Kier molecular flexibility index (Phi) is 3.65.